The Morgan fingerprint density at radius 3 is 2.81 bits per heavy atom. The van der Waals surface area contributed by atoms with Gasteiger partial charge in [0, 0.05) is 12.5 Å². The lowest BCUT2D eigenvalue weighted by Gasteiger charge is -2.19. The van der Waals surface area contributed by atoms with Gasteiger partial charge in [0.05, 0.1) is 8.67 Å². The molecule has 0 saturated heterocycles. The summed E-state index contributed by atoms with van der Waals surface area (Å²) < 4.78 is 1.43. The predicted octanol–water partition coefficient (Wildman–Crippen LogP) is 4.04. The Labute approximate surface area is 146 Å². The van der Waals surface area contributed by atoms with Crippen molar-refractivity contribution in [3.8, 4) is 0 Å². The Morgan fingerprint density at radius 1 is 1.43 bits per heavy atom. The van der Waals surface area contributed by atoms with Gasteiger partial charge in [-0.2, -0.15) is 0 Å². The fraction of sp³-hybridized carbons (Fsp3) is 0.643. The van der Waals surface area contributed by atoms with E-state index >= 15 is 0 Å². The van der Waals surface area contributed by atoms with Crippen molar-refractivity contribution in [2.24, 2.45) is 11.7 Å². The first-order valence-electron chi connectivity index (χ1n) is 7.03. The molecule has 1 aromatic heterocycles. The highest BCUT2D eigenvalue weighted by Gasteiger charge is 2.26. The minimum Gasteiger partial charge on any atom is -0.353 e. The van der Waals surface area contributed by atoms with Crippen LogP contribution in [0, 0.1) is 5.92 Å². The smallest absolute Gasteiger partial charge is 0.220 e. The summed E-state index contributed by atoms with van der Waals surface area (Å²) in [7, 11) is 0. The Morgan fingerprint density at radius 2 is 2.19 bits per heavy atom. The van der Waals surface area contributed by atoms with Gasteiger partial charge in [-0.15, -0.1) is 23.7 Å². The number of halogens is 3. The molecule has 1 saturated carbocycles. The fourth-order valence-electron chi connectivity index (χ4n) is 2.77. The Bertz CT molecular complexity index is 467. The lowest BCUT2D eigenvalue weighted by atomic mass is 10.0. The molecule has 0 spiro atoms. The van der Waals surface area contributed by atoms with E-state index in [1.807, 2.05) is 6.07 Å². The molecule has 7 heteroatoms. The van der Waals surface area contributed by atoms with E-state index in [2.05, 4.69) is 5.32 Å². The van der Waals surface area contributed by atoms with Gasteiger partial charge in [0.25, 0.3) is 0 Å². The van der Waals surface area contributed by atoms with Gasteiger partial charge in [0.15, 0.2) is 0 Å². The average molecular weight is 372 g/mol. The summed E-state index contributed by atoms with van der Waals surface area (Å²) in [6.45, 7) is 0.661. The number of nitrogens with one attached hydrogen (secondary N) is 1. The molecule has 1 aliphatic carbocycles. The molecular formula is C14H21Cl3N2OS. The molecule has 1 amide bonds. The van der Waals surface area contributed by atoms with Crippen molar-refractivity contribution in [1.82, 2.24) is 5.32 Å². The summed E-state index contributed by atoms with van der Waals surface area (Å²) in [5.41, 5.74) is 6.75. The van der Waals surface area contributed by atoms with Crippen molar-refractivity contribution in [2.75, 3.05) is 6.54 Å². The van der Waals surface area contributed by atoms with Crippen molar-refractivity contribution < 1.29 is 4.79 Å². The molecule has 1 heterocycles. The van der Waals surface area contributed by atoms with Gasteiger partial charge in [-0.1, -0.05) is 29.6 Å². The van der Waals surface area contributed by atoms with E-state index in [-0.39, 0.29) is 24.4 Å². The summed E-state index contributed by atoms with van der Waals surface area (Å²) in [5, 5.41) is 3.11. The van der Waals surface area contributed by atoms with Crippen LogP contribution in [0.4, 0.5) is 0 Å². The van der Waals surface area contributed by atoms with Crippen molar-refractivity contribution >= 4 is 52.9 Å². The molecule has 1 aliphatic rings. The molecule has 1 fully saturated rings. The van der Waals surface area contributed by atoms with E-state index < -0.39 is 0 Å². The predicted molar refractivity (Wildman–Crippen MR) is 92.9 cm³/mol. The van der Waals surface area contributed by atoms with Crippen LogP contribution in [0.3, 0.4) is 0 Å². The van der Waals surface area contributed by atoms with E-state index in [1.165, 1.54) is 11.3 Å². The largest absolute Gasteiger partial charge is 0.353 e. The maximum Gasteiger partial charge on any atom is 0.220 e. The number of nitrogens with two attached hydrogens (primary N) is 1. The minimum absolute atomic E-state index is 0. The van der Waals surface area contributed by atoms with Gasteiger partial charge in [0.1, 0.15) is 0 Å². The highest BCUT2D eigenvalue weighted by molar-refractivity contribution is 7.20. The molecular weight excluding hydrogens is 351 g/mol. The summed E-state index contributed by atoms with van der Waals surface area (Å²) in [4.78, 5) is 11.9. The van der Waals surface area contributed by atoms with Crippen LogP contribution >= 0.6 is 46.9 Å². The molecule has 0 aromatic carbocycles. The van der Waals surface area contributed by atoms with Crippen molar-refractivity contribution in [2.45, 2.75) is 44.6 Å². The van der Waals surface area contributed by atoms with Crippen LogP contribution in [0.25, 0.3) is 0 Å². The van der Waals surface area contributed by atoms with Gasteiger partial charge in [0.2, 0.25) is 5.91 Å². The Kier molecular flexibility index (Phi) is 8.35. The molecule has 2 unspecified atom stereocenters. The van der Waals surface area contributed by atoms with Crippen molar-refractivity contribution in [3.63, 3.8) is 0 Å². The maximum atomic E-state index is 11.9. The van der Waals surface area contributed by atoms with Crippen LogP contribution in [0.2, 0.25) is 8.67 Å². The lowest BCUT2D eigenvalue weighted by molar-refractivity contribution is -0.122. The number of carbonyl (C=O) groups excluding carboxylic acids is 1. The van der Waals surface area contributed by atoms with Gasteiger partial charge in [-0.3, -0.25) is 4.79 Å². The maximum absolute atomic E-state index is 11.9. The van der Waals surface area contributed by atoms with Crippen LogP contribution in [0.1, 0.15) is 37.7 Å². The molecule has 0 aliphatic heterocycles. The third kappa shape index (κ3) is 5.61. The monoisotopic (exact) mass is 370 g/mol. The quantitative estimate of drug-likeness (QED) is 0.792. The van der Waals surface area contributed by atoms with Crippen LogP contribution < -0.4 is 11.1 Å². The minimum atomic E-state index is 0. The van der Waals surface area contributed by atoms with Crippen molar-refractivity contribution in [3.05, 3.63) is 20.3 Å². The second-order valence-corrected chi connectivity index (χ2v) is 7.59. The van der Waals surface area contributed by atoms with Gasteiger partial charge < -0.3 is 11.1 Å². The first-order valence-corrected chi connectivity index (χ1v) is 8.60. The number of amides is 1. The molecule has 2 rings (SSSR count). The second-order valence-electron chi connectivity index (χ2n) is 5.30. The summed E-state index contributed by atoms with van der Waals surface area (Å²) in [6.07, 6.45) is 5.45. The van der Waals surface area contributed by atoms with Crippen LogP contribution in [-0.4, -0.2) is 18.5 Å². The molecule has 0 radical (unpaired) electrons. The topological polar surface area (TPSA) is 55.1 Å². The highest BCUT2D eigenvalue weighted by atomic mass is 35.5. The number of aryl methyl sites for hydroxylation is 1. The lowest BCUT2D eigenvalue weighted by Crippen LogP contribution is -2.39. The van der Waals surface area contributed by atoms with Crippen molar-refractivity contribution in [1.29, 1.82) is 0 Å². The van der Waals surface area contributed by atoms with E-state index in [9.17, 15) is 4.79 Å². The molecule has 120 valence electrons. The summed E-state index contributed by atoms with van der Waals surface area (Å²) >= 11 is 13.3. The third-order valence-corrected chi connectivity index (χ3v) is 5.45. The fourth-order valence-corrected chi connectivity index (χ4v) is 4.32. The first-order chi connectivity index (χ1) is 9.60. The molecule has 2 atom stereocenters. The van der Waals surface area contributed by atoms with Gasteiger partial charge >= 0.3 is 0 Å². The SMILES string of the molecule is Cl.NCC1CCCC1NC(=O)CCCc1cc(Cl)sc1Cl. The van der Waals surface area contributed by atoms with Gasteiger partial charge in [-0.05, 0) is 49.8 Å². The number of rotatable bonds is 6. The Hall–Kier alpha value is -0.0000000000000000555. The van der Waals surface area contributed by atoms with E-state index in [1.54, 1.807) is 0 Å². The van der Waals surface area contributed by atoms with Crippen LogP contribution in [-0.2, 0) is 11.2 Å². The van der Waals surface area contributed by atoms with Gasteiger partial charge in [-0.25, -0.2) is 0 Å². The molecule has 3 N–H and O–H groups in total. The number of hydrogen-bond acceptors (Lipinski definition) is 3. The first kappa shape index (κ1) is 19.0. The molecule has 1 aromatic rings. The van der Waals surface area contributed by atoms with E-state index in [4.69, 9.17) is 28.9 Å². The number of carbonyl (C=O) groups is 1. The summed E-state index contributed by atoms with van der Waals surface area (Å²) in [5.74, 6) is 0.567. The van der Waals surface area contributed by atoms with Crippen LogP contribution in [0.15, 0.2) is 6.07 Å². The number of hydrogen-bond donors (Lipinski definition) is 2. The highest BCUT2D eigenvalue weighted by Crippen LogP contribution is 2.32. The zero-order valence-corrected chi connectivity index (χ0v) is 14.9. The normalized spacial score (nSPS) is 21.1. The zero-order valence-electron chi connectivity index (χ0n) is 11.7. The van der Waals surface area contributed by atoms with E-state index in [0.29, 0.717) is 23.2 Å². The van der Waals surface area contributed by atoms with Crippen LogP contribution in [0.5, 0.6) is 0 Å². The second kappa shape index (κ2) is 9.21. The standard InChI is InChI=1S/C14H20Cl2N2OS.ClH/c15-12-7-9(14(16)20-12)3-2-6-13(19)18-11-5-1-4-10(11)8-17;/h7,10-11H,1-6,8,17H2,(H,18,19);1H. The molecule has 3 nitrogen and oxygen atoms in total. The third-order valence-electron chi connectivity index (χ3n) is 3.89. The Balaban J connectivity index is 0.00000220. The summed E-state index contributed by atoms with van der Waals surface area (Å²) in [6, 6.07) is 2.15. The average Bonchev–Trinajstić information content (AvgIpc) is 2.96. The molecule has 0 bridgehead atoms. The number of thiophene rings is 1. The van der Waals surface area contributed by atoms with E-state index in [0.717, 1.165) is 42.0 Å². The molecule has 21 heavy (non-hydrogen) atoms. The zero-order chi connectivity index (χ0) is 14.5.